The number of pyridine rings is 1. The van der Waals surface area contributed by atoms with E-state index in [0.717, 1.165) is 4.90 Å². The highest BCUT2D eigenvalue weighted by Crippen LogP contribution is 2.12. The summed E-state index contributed by atoms with van der Waals surface area (Å²) in [6.07, 6.45) is 3.07. The summed E-state index contributed by atoms with van der Waals surface area (Å²) in [4.78, 5) is 16.9. The van der Waals surface area contributed by atoms with Crippen molar-refractivity contribution < 1.29 is 4.79 Å². The van der Waals surface area contributed by atoms with E-state index in [0.29, 0.717) is 5.69 Å². The van der Waals surface area contributed by atoms with E-state index in [9.17, 15) is 4.79 Å². The summed E-state index contributed by atoms with van der Waals surface area (Å²) in [5.41, 5.74) is 5.53. The lowest BCUT2D eigenvalue weighted by atomic mass is 10.1. The molecule has 2 amide bonds. The van der Waals surface area contributed by atoms with Crippen LogP contribution in [0, 0.1) is 5.41 Å². The summed E-state index contributed by atoms with van der Waals surface area (Å²) in [7, 11) is 0. The molecule has 0 bridgehead atoms. The number of aromatic nitrogens is 1. The summed E-state index contributed by atoms with van der Waals surface area (Å²) in [6, 6.07) is 2.80. The number of carbonyl (C=O) groups excluding carboxylic acids is 1. The van der Waals surface area contributed by atoms with Crippen LogP contribution in [0.1, 0.15) is 20.8 Å². The van der Waals surface area contributed by atoms with Gasteiger partial charge < -0.3 is 11.1 Å². The SMILES string of the molecule is CC(C)(C)NC(=O)N(C(=N)N)c1ccncc1. The number of hydrogen-bond donors (Lipinski definition) is 3. The van der Waals surface area contributed by atoms with Crippen LogP contribution in [0.3, 0.4) is 0 Å². The zero-order valence-corrected chi connectivity index (χ0v) is 10.2. The van der Waals surface area contributed by atoms with Crippen molar-refractivity contribution in [2.45, 2.75) is 26.3 Å². The number of rotatable bonds is 1. The first kappa shape index (κ1) is 13.0. The number of nitrogens with one attached hydrogen (secondary N) is 2. The van der Waals surface area contributed by atoms with Crippen molar-refractivity contribution in [1.82, 2.24) is 10.3 Å². The van der Waals surface area contributed by atoms with Gasteiger partial charge in [0.25, 0.3) is 0 Å². The van der Waals surface area contributed by atoms with Crippen molar-refractivity contribution in [2.24, 2.45) is 5.73 Å². The molecular weight excluding hydrogens is 218 g/mol. The van der Waals surface area contributed by atoms with Crippen molar-refractivity contribution in [2.75, 3.05) is 4.90 Å². The van der Waals surface area contributed by atoms with Crippen LogP contribution in [-0.4, -0.2) is 22.5 Å². The molecule has 17 heavy (non-hydrogen) atoms. The van der Waals surface area contributed by atoms with Crippen molar-refractivity contribution in [3.8, 4) is 0 Å². The number of amides is 2. The Labute approximate surface area is 100 Å². The molecule has 0 aromatic carbocycles. The summed E-state index contributed by atoms with van der Waals surface area (Å²) < 4.78 is 0. The lowest BCUT2D eigenvalue weighted by Gasteiger charge is -2.27. The molecule has 92 valence electrons. The summed E-state index contributed by atoms with van der Waals surface area (Å²) in [6.45, 7) is 5.57. The van der Waals surface area contributed by atoms with Gasteiger partial charge in [-0.05, 0) is 32.9 Å². The van der Waals surface area contributed by atoms with Crippen LogP contribution < -0.4 is 16.0 Å². The molecule has 0 radical (unpaired) electrons. The number of urea groups is 1. The van der Waals surface area contributed by atoms with Gasteiger partial charge in [0, 0.05) is 17.9 Å². The third-order valence-corrected chi connectivity index (χ3v) is 1.85. The Bertz CT molecular complexity index is 410. The first-order chi connectivity index (χ1) is 7.81. The summed E-state index contributed by atoms with van der Waals surface area (Å²) >= 11 is 0. The minimum absolute atomic E-state index is 0.335. The van der Waals surface area contributed by atoms with Gasteiger partial charge in [-0.2, -0.15) is 0 Å². The number of nitrogens with two attached hydrogens (primary N) is 1. The second kappa shape index (κ2) is 4.82. The third kappa shape index (κ3) is 3.75. The molecule has 1 aromatic heterocycles. The molecule has 0 saturated carbocycles. The molecule has 4 N–H and O–H groups in total. The highest BCUT2D eigenvalue weighted by Gasteiger charge is 2.22. The Balaban J connectivity index is 2.96. The minimum atomic E-state index is -0.434. The topological polar surface area (TPSA) is 95.1 Å². The third-order valence-electron chi connectivity index (χ3n) is 1.85. The molecule has 0 atom stereocenters. The Kier molecular flexibility index (Phi) is 3.67. The maximum absolute atomic E-state index is 12.0. The second-order valence-corrected chi connectivity index (χ2v) is 4.61. The largest absolute Gasteiger partial charge is 0.369 e. The van der Waals surface area contributed by atoms with Gasteiger partial charge in [0.05, 0.1) is 5.69 Å². The predicted octanol–water partition coefficient (Wildman–Crippen LogP) is 1.29. The van der Waals surface area contributed by atoms with Crippen LogP contribution in [0.4, 0.5) is 10.5 Å². The maximum atomic E-state index is 12.0. The van der Waals surface area contributed by atoms with Gasteiger partial charge >= 0.3 is 6.03 Å². The highest BCUT2D eigenvalue weighted by atomic mass is 16.2. The van der Waals surface area contributed by atoms with Crippen LogP contribution in [-0.2, 0) is 0 Å². The summed E-state index contributed by atoms with van der Waals surface area (Å²) in [5.74, 6) is -0.335. The van der Waals surface area contributed by atoms with Gasteiger partial charge in [-0.25, -0.2) is 9.69 Å². The van der Waals surface area contributed by atoms with E-state index >= 15 is 0 Å². The number of guanidine groups is 1. The Morgan fingerprint density at radius 1 is 1.41 bits per heavy atom. The fourth-order valence-corrected chi connectivity index (χ4v) is 1.24. The van der Waals surface area contributed by atoms with Crippen LogP contribution in [0.2, 0.25) is 0 Å². The molecular formula is C11H17N5O. The normalized spacial score (nSPS) is 10.8. The maximum Gasteiger partial charge on any atom is 0.329 e. The molecule has 0 aliphatic rings. The quantitative estimate of drug-likeness (QED) is 0.505. The van der Waals surface area contributed by atoms with Gasteiger partial charge in [-0.15, -0.1) is 0 Å². The van der Waals surface area contributed by atoms with Crippen molar-refractivity contribution in [3.63, 3.8) is 0 Å². The van der Waals surface area contributed by atoms with Gasteiger partial charge in [-0.3, -0.25) is 10.4 Å². The van der Waals surface area contributed by atoms with E-state index in [-0.39, 0.29) is 5.96 Å². The van der Waals surface area contributed by atoms with Crippen molar-refractivity contribution in [1.29, 1.82) is 5.41 Å². The molecule has 0 saturated heterocycles. The van der Waals surface area contributed by atoms with Crippen molar-refractivity contribution >= 4 is 17.7 Å². The monoisotopic (exact) mass is 235 g/mol. The molecule has 0 spiro atoms. The van der Waals surface area contributed by atoms with E-state index in [1.807, 2.05) is 20.8 Å². The molecule has 6 nitrogen and oxygen atoms in total. The van der Waals surface area contributed by atoms with E-state index in [1.165, 1.54) is 12.4 Å². The van der Waals surface area contributed by atoms with E-state index in [1.54, 1.807) is 12.1 Å². The number of carbonyl (C=O) groups is 1. The molecule has 1 rings (SSSR count). The van der Waals surface area contributed by atoms with Gasteiger partial charge in [-0.1, -0.05) is 0 Å². The smallest absolute Gasteiger partial charge is 0.329 e. The summed E-state index contributed by atoms with van der Waals surface area (Å²) in [5, 5.41) is 10.2. The van der Waals surface area contributed by atoms with E-state index in [2.05, 4.69) is 10.3 Å². The Hall–Kier alpha value is -2.11. The number of nitrogens with zero attached hydrogens (tertiary/aromatic N) is 2. The number of hydrogen-bond acceptors (Lipinski definition) is 3. The van der Waals surface area contributed by atoms with Crippen LogP contribution in [0.15, 0.2) is 24.5 Å². The van der Waals surface area contributed by atoms with E-state index in [4.69, 9.17) is 11.1 Å². The first-order valence-corrected chi connectivity index (χ1v) is 5.17. The molecule has 0 fully saturated rings. The average Bonchev–Trinajstić information content (AvgIpc) is 2.15. The van der Waals surface area contributed by atoms with Gasteiger partial charge in [0.1, 0.15) is 0 Å². The molecule has 0 aliphatic carbocycles. The minimum Gasteiger partial charge on any atom is -0.369 e. The molecule has 0 aliphatic heterocycles. The van der Waals surface area contributed by atoms with Crippen LogP contribution in [0.5, 0.6) is 0 Å². The highest BCUT2D eigenvalue weighted by molar-refractivity contribution is 6.13. The van der Waals surface area contributed by atoms with Crippen LogP contribution in [0.25, 0.3) is 0 Å². The zero-order valence-electron chi connectivity index (χ0n) is 10.2. The lowest BCUT2D eigenvalue weighted by Crippen LogP contribution is -2.52. The lowest BCUT2D eigenvalue weighted by molar-refractivity contribution is 0.240. The Morgan fingerprint density at radius 2 is 1.94 bits per heavy atom. The van der Waals surface area contributed by atoms with Crippen molar-refractivity contribution in [3.05, 3.63) is 24.5 Å². The van der Waals surface area contributed by atoms with Gasteiger partial charge in [0.2, 0.25) is 5.96 Å². The predicted molar refractivity (Wildman–Crippen MR) is 66.9 cm³/mol. The van der Waals surface area contributed by atoms with E-state index < -0.39 is 11.6 Å². The second-order valence-electron chi connectivity index (χ2n) is 4.61. The zero-order chi connectivity index (χ0) is 13.1. The fraction of sp³-hybridized carbons (Fsp3) is 0.364. The standard InChI is InChI=1S/C11H17N5O/c1-11(2,3)15-10(17)16(9(12)13)8-4-6-14-7-5-8/h4-7H,1-3H3,(H3,12,13)(H,15,17). The molecule has 1 heterocycles. The molecule has 0 unspecified atom stereocenters. The van der Waals surface area contributed by atoms with Crippen LogP contribution >= 0.6 is 0 Å². The Morgan fingerprint density at radius 3 is 2.35 bits per heavy atom. The number of anilines is 1. The molecule has 6 heteroatoms. The first-order valence-electron chi connectivity index (χ1n) is 5.17. The van der Waals surface area contributed by atoms with Gasteiger partial charge in [0.15, 0.2) is 0 Å². The molecule has 1 aromatic rings. The average molecular weight is 235 g/mol. The fourth-order valence-electron chi connectivity index (χ4n) is 1.24.